The number of hydrogen-bond donors (Lipinski definition) is 0. The predicted molar refractivity (Wildman–Crippen MR) is 74.5 cm³/mol. The SMILES string of the molecule is Cc1ccc(C2(CBr)CCCCC2)c(C)c1. The van der Waals surface area contributed by atoms with Gasteiger partial charge in [-0.1, -0.05) is 59.0 Å². The molecule has 16 heavy (non-hydrogen) atoms. The van der Waals surface area contributed by atoms with Gasteiger partial charge < -0.3 is 0 Å². The van der Waals surface area contributed by atoms with Crippen LogP contribution in [0.2, 0.25) is 0 Å². The lowest BCUT2D eigenvalue weighted by molar-refractivity contribution is 0.326. The summed E-state index contributed by atoms with van der Waals surface area (Å²) in [4.78, 5) is 0. The molecule has 1 saturated carbocycles. The first-order valence-electron chi connectivity index (χ1n) is 6.32. The minimum atomic E-state index is 0.413. The molecule has 0 unspecified atom stereocenters. The zero-order chi connectivity index (χ0) is 11.6. The quantitative estimate of drug-likeness (QED) is 0.676. The smallest absolute Gasteiger partial charge is 0.0129 e. The average Bonchev–Trinajstić information content (AvgIpc) is 2.30. The van der Waals surface area contributed by atoms with E-state index in [1.165, 1.54) is 43.2 Å². The Hall–Kier alpha value is -0.300. The summed E-state index contributed by atoms with van der Waals surface area (Å²) in [7, 11) is 0. The molecule has 1 aromatic rings. The van der Waals surface area contributed by atoms with Crippen LogP contribution in [0, 0.1) is 13.8 Å². The molecule has 1 heteroatoms. The van der Waals surface area contributed by atoms with Crippen molar-refractivity contribution in [2.24, 2.45) is 0 Å². The summed E-state index contributed by atoms with van der Waals surface area (Å²) in [6.07, 6.45) is 6.89. The fourth-order valence-corrected chi connectivity index (χ4v) is 3.97. The lowest BCUT2D eigenvalue weighted by atomic mass is 9.69. The van der Waals surface area contributed by atoms with Crippen LogP contribution >= 0.6 is 15.9 Å². The van der Waals surface area contributed by atoms with Crippen LogP contribution in [0.4, 0.5) is 0 Å². The summed E-state index contributed by atoms with van der Waals surface area (Å²) in [6, 6.07) is 6.95. The molecular formula is C15H21Br. The standard InChI is InChI=1S/C15H21Br/c1-12-6-7-14(13(2)10-12)15(11-16)8-4-3-5-9-15/h6-7,10H,3-5,8-9,11H2,1-2H3. The van der Waals surface area contributed by atoms with Gasteiger partial charge in [-0.05, 0) is 37.8 Å². The summed E-state index contributed by atoms with van der Waals surface area (Å²) in [5.74, 6) is 0. The molecule has 0 heterocycles. The zero-order valence-corrected chi connectivity index (χ0v) is 11.9. The summed E-state index contributed by atoms with van der Waals surface area (Å²) in [6.45, 7) is 4.44. The van der Waals surface area contributed by atoms with Crippen molar-refractivity contribution in [2.45, 2.75) is 51.4 Å². The van der Waals surface area contributed by atoms with E-state index in [4.69, 9.17) is 0 Å². The van der Waals surface area contributed by atoms with Crippen LogP contribution in [0.5, 0.6) is 0 Å². The molecule has 1 aliphatic rings. The second-order valence-corrected chi connectivity index (χ2v) is 5.85. The molecule has 1 aliphatic carbocycles. The Morgan fingerprint density at radius 1 is 1.12 bits per heavy atom. The zero-order valence-electron chi connectivity index (χ0n) is 10.4. The molecule has 0 aliphatic heterocycles. The van der Waals surface area contributed by atoms with Gasteiger partial charge in [0.2, 0.25) is 0 Å². The van der Waals surface area contributed by atoms with Gasteiger partial charge >= 0.3 is 0 Å². The molecule has 0 aromatic heterocycles. The molecule has 1 fully saturated rings. The Kier molecular flexibility index (Phi) is 3.73. The molecule has 2 rings (SSSR count). The molecule has 0 N–H and O–H groups in total. The number of halogens is 1. The number of aryl methyl sites for hydroxylation is 2. The third-order valence-electron chi connectivity index (χ3n) is 4.02. The van der Waals surface area contributed by atoms with E-state index in [1.54, 1.807) is 5.56 Å². The van der Waals surface area contributed by atoms with E-state index >= 15 is 0 Å². The fraction of sp³-hybridized carbons (Fsp3) is 0.600. The van der Waals surface area contributed by atoms with E-state index < -0.39 is 0 Å². The van der Waals surface area contributed by atoms with Gasteiger partial charge in [0.05, 0.1) is 0 Å². The minimum absolute atomic E-state index is 0.413. The summed E-state index contributed by atoms with van der Waals surface area (Å²) in [5, 5.41) is 1.11. The van der Waals surface area contributed by atoms with E-state index in [0.717, 1.165) is 5.33 Å². The van der Waals surface area contributed by atoms with E-state index in [2.05, 4.69) is 48.0 Å². The van der Waals surface area contributed by atoms with E-state index in [0.29, 0.717) is 5.41 Å². The largest absolute Gasteiger partial charge is 0.0918 e. The average molecular weight is 281 g/mol. The number of benzene rings is 1. The van der Waals surface area contributed by atoms with Gasteiger partial charge in [-0.2, -0.15) is 0 Å². The molecule has 0 nitrogen and oxygen atoms in total. The van der Waals surface area contributed by atoms with E-state index in [-0.39, 0.29) is 0 Å². The Morgan fingerprint density at radius 2 is 1.81 bits per heavy atom. The molecule has 0 bridgehead atoms. The molecule has 0 atom stereocenters. The van der Waals surface area contributed by atoms with Crippen molar-refractivity contribution in [2.75, 3.05) is 5.33 Å². The normalized spacial score (nSPS) is 19.7. The van der Waals surface area contributed by atoms with Gasteiger partial charge in [0.25, 0.3) is 0 Å². The predicted octanol–water partition coefficient (Wildman–Crippen LogP) is 4.90. The maximum Gasteiger partial charge on any atom is 0.0129 e. The van der Waals surface area contributed by atoms with Crippen molar-refractivity contribution < 1.29 is 0 Å². The van der Waals surface area contributed by atoms with Crippen LogP contribution in [0.3, 0.4) is 0 Å². The maximum atomic E-state index is 3.76. The monoisotopic (exact) mass is 280 g/mol. The number of alkyl halides is 1. The van der Waals surface area contributed by atoms with Gasteiger partial charge in [-0.25, -0.2) is 0 Å². The van der Waals surface area contributed by atoms with Crippen molar-refractivity contribution in [3.8, 4) is 0 Å². The van der Waals surface area contributed by atoms with Gasteiger partial charge in [0.15, 0.2) is 0 Å². The van der Waals surface area contributed by atoms with E-state index in [1.807, 2.05) is 0 Å². The number of rotatable bonds is 2. The van der Waals surface area contributed by atoms with Crippen LogP contribution < -0.4 is 0 Å². The van der Waals surface area contributed by atoms with Gasteiger partial charge in [-0.15, -0.1) is 0 Å². The molecular weight excluding hydrogens is 260 g/mol. The topological polar surface area (TPSA) is 0 Å². The lowest BCUT2D eigenvalue weighted by Gasteiger charge is -2.37. The molecule has 1 aromatic carbocycles. The highest BCUT2D eigenvalue weighted by Gasteiger charge is 2.33. The number of hydrogen-bond acceptors (Lipinski definition) is 0. The second kappa shape index (κ2) is 4.91. The highest BCUT2D eigenvalue weighted by Crippen LogP contribution is 2.42. The van der Waals surface area contributed by atoms with Crippen molar-refractivity contribution >= 4 is 15.9 Å². The maximum absolute atomic E-state index is 3.76. The molecule has 0 radical (unpaired) electrons. The molecule has 88 valence electrons. The van der Waals surface area contributed by atoms with Gasteiger partial charge in [0, 0.05) is 10.7 Å². The first-order chi connectivity index (χ1) is 7.68. The van der Waals surface area contributed by atoms with Crippen LogP contribution in [0.15, 0.2) is 18.2 Å². The van der Waals surface area contributed by atoms with Crippen molar-refractivity contribution in [1.29, 1.82) is 0 Å². The molecule has 0 amide bonds. The van der Waals surface area contributed by atoms with Crippen molar-refractivity contribution in [3.63, 3.8) is 0 Å². The fourth-order valence-electron chi connectivity index (χ4n) is 3.11. The van der Waals surface area contributed by atoms with Crippen LogP contribution in [0.1, 0.15) is 48.8 Å². The summed E-state index contributed by atoms with van der Waals surface area (Å²) < 4.78 is 0. The second-order valence-electron chi connectivity index (χ2n) is 5.29. The molecule has 0 spiro atoms. The van der Waals surface area contributed by atoms with Gasteiger partial charge in [-0.3, -0.25) is 0 Å². The van der Waals surface area contributed by atoms with Crippen LogP contribution in [0.25, 0.3) is 0 Å². The van der Waals surface area contributed by atoms with E-state index in [9.17, 15) is 0 Å². The van der Waals surface area contributed by atoms with Gasteiger partial charge in [0.1, 0.15) is 0 Å². The Balaban J connectivity index is 2.39. The highest BCUT2D eigenvalue weighted by molar-refractivity contribution is 9.09. The first-order valence-corrected chi connectivity index (χ1v) is 7.44. The van der Waals surface area contributed by atoms with Crippen LogP contribution in [-0.4, -0.2) is 5.33 Å². The van der Waals surface area contributed by atoms with Crippen molar-refractivity contribution in [3.05, 3.63) is 34.9 Å². The molecule has 0 saturated heterocycles. The Labute approximate surface area is 108 Å². The summed E-state index contributed by atoms with van der Waals surface area (Å²) in [5.41, 5.74) is 4.84. The summed E-state index contributed by atoms with van der Waals surface area (Å²) >= 11 is 3.76. The first kappa shape index (κ1) is 12.2. The van der Waals surface area contributed by atoms with Crippen molar-refractivity contribution in [1.82, 2.24) is 0 Å². The lowest BCUT2D eigenvalue weighted by Crippen LogP contribution is -2.31. The minimum Gasteiger partial charge on any atom is -0.0918 e. The Bertz CT molecular complexity index is 362. The third-order valence-corrected chi connectivity index (χ3v) is 5.09. The third kappa shape index (κ3) is 2.20. The van der Waals surface area contributed by atoms with Crippen LogP contribution in [-0.2, 0) is 5.41 Å². The Morgan fingerprint density at radius 3 is 2.38 bits per heavy atom. The highest BCUT2D eigenvalue weighted by atomic mass is 79.9.